The van der Waals surface area contributed by atoms with E-state index in [0.717, 1.165) is 0 Å². The summed E-state index contributed by atoms with van der Waals surface area (Å²) in [6, 6.07) is 0. The Kier molecular flexibility index (Phi) is 3.81. The SMILES string of the molecule is CCO[Si](C)(C)C(F)=C(F)F. The summed E-state index contributed by atoms with van der Waals surface area (Å²) in [5, 5.41) is 0. The highest BCUT2D eigenvalue weighted by Gasteiger charge is 2.32. The smallest absolute Gasteiger partial charge is 0.299 e. The first-order chi connectivity index (χ1) is 4.91. The lowest BCUT2D eigenvalue weighted by atomic mass is 10.9. The molecule has 0 saturated carbocycles. The first-order valence-electron chi connectivity index (χ1n) is 3.27. The Labute approximate surface area is 65.0 Å². The highest BCUT2D eigenvalue weighted by atomic mass is 28.4. The molecule has 0 heterocycles. The van der Waals surface area contributed by atoms with E-state index in [1.807, 2.05) is 0 Å². The molecule has 0 aliphatic rings. The van der Waals surface area contributed by atoms with Crippen LogP contribution in [-0.2, 0) is 4.43 Å². The van der Waals surface area contributed by atoms with Crippen molar-refractivity contribution in [2.24, 2.45) is 0 Å². The maximum atomic E-state index is 12.6. The molecule has 0 amide bonds. The van der Waals surface area contributed by atoms with Crippen LogP contribution in [0.25, 0.3) is 0 Å². The van der Waals surface area contributed by atoms with E-state index in [9.17, 15) is 13.2 Å². The van der Waals surface area contributed by atoms with Gasteiger partial charge in [-0.25, -0.2) is 4.39 Å². The lowest BCUT2D eigenvalue weighted by molar-refractivity contribution is 0.316. The van der Waals surface area contributed by atoms with Gasteiger partial charge in [0, 0.05) is 6.61 Å². The average molecular weight is 184 g/mol. The van der Waals surface area contributed by atoms with Crippen molar-refractivity contribution in [3.63, 3.8) is 0 Å². The number of hydrogen-bond donors (Lipinski definition) is 0. The second-order valence-electron chi connectivity index (χ2n) is 2.52. The van der Waals surface area contributed by atoms with Crippen LogP contribution < -0.4 is 0 Å². The fraction of sp³-hybridized carbons (Fsp3) is 0.667. The van der Waals surface area contributed by atoms with E-state index in [1.54, 1.807) is 6.92 Å². The molecule has 5 heteroatoms. The van der Waals surface area contributed by atoms with Crippen LogP contribution in [-0.4, -0.2) is 14.9 Å². The summed E-state index contributed by atoms with van der Waals surface area (Å²) >= 11 is 0. The Morgan fingerprint density at radius 2 is 1.73 bits per heavy atom. The number of hydrogen-bond acceptors (Lipinski definition) is 1. The van der Waals surface area contributed by atoms with Crippen molar-refractivity contribution in [2.75, 3.05) is 6.61 Å². The molecule has 0 aliphatic heterocycles. The van der Waals surface area contributed by atoms with E-state index in [-0.39, 0.29) is 6.61 Å². The minimum absolute atomic E-state index is 0.264. The van der Waals surface area contributed by atoms with E-state index in [2.05, 4.69) is 0 Å². The fourth-order valence-electron chi connectivity index (χ4n) is 0.652. The second-order valence-corrected chi connectivity index (χ2v) is 6.27. The molecule has 0 aromatic rings. The van der Waals surface area contributed by atoms with Gasteiger partial charge in [0.05, 0.1) is 0 Å². The molecule has 0 saturated heterocycles. The van der Waals surface area contributed by atoms with Crippen LogP contribution in [0.4, 0.5) is 13.2 Å². The largest absolute Gasteiger partial charge is 0.410 e. The van der Waals surface area contributed by atoms with Crippen molar-refractivity contribution in [2.45, 2.75) is 20.0 Å². The Balaban J connectivity index is 4.42. The van der Waals surface area contributed by atoms with Gasteiger partial charge in [-0.05, 0) is 20.0 Å². The Bertz CT molecular complexity index is 163. The molecule has 11 heavy (non-hydrogen) atoms. The second kappa shape index (κ2) is 3.92. The van der Waals surface area contributed by atoms with Crippen LogP contribution in [0.3, 0.4) is 0 Å². The summed E-state index contributed by atoms with van der Waals surface area (Å²) in [6.07, 6.45) is -2.25. The van der Waals surface area contributed by atoms with Gasteiger partial charge < -0.3 is 4.43 Å². The minimum Gasteiger partial charge on any atom is -0.410 e. The van der Waals surface area contributed by atoms with Crippen molar-refractivity contribution >= 4 is 8.32 Å². The Hall–Kier alpha value is -0.293. The van der Waals surface area contributed by atoms with E-state index < -0.39 is 19.8 Å². The van der Waals surface area contributed by atoms with Crippen molar-refractivity contribution in [3.8, 4) is 0 Å². The Morgan fingerprint density at radius 3 is 2.00 bits per heavy atom. The van der Waals surface area contributed by atoms with E-state index in [0.29, 0.717) is 0 Å². The van der Waals surface area contributed by atoms with Crippen LogP contribution >= 0.6 is 0 Å². The van der Waals surface area contributed by atoms with E-state index in [4.69, 9.17) is 4.43 Å². The normalized spacial score (nSPS) is 11.5. The van der Waals surface area contributed by atoms with Gasteiger partial charge in [0.15, 0.2) is 5.45 Å². The predicted molar refractivity (Wildman–Crippen MR) is 39.5 cm³/mol. The van der Waals surface area contributed by atoms with Crippen LogP contribution in [0.1, 0.15) is 6.92 Å². The van der Waals surface area contributed by atoms with Gasteiger partial charge in [0.1, 0.15) is 0 Å². The standard InChI is InChI=1S/C6H11F3OSi/c1-4-10-11(2,3)6(9)5(7)8/h4H2,1-3H3. The molecule has 0 radical (unpaired) electrons. The monoisotopic (exact) mass is 184 g/mol. The molecule has 1 nitrogen and oxygen atoms in total. The van der Waals surface area contributed by atoms with Crippen LogP contribution in [0.2, 0.25) is 13.1 Å². The zero-order valence-electron chi connectivity index (χ0n) is 6.75. The van der Waals surface area contributed by atoms with Gasteiger partial charge in [-0.3, -0.25) is 0 Å². The van der Waals surface area contributed by atoms with Crippen LogP contribution in [0.15, 0.2) is 11.5 Å². The van der Waals surface area contributed by atoms with Gasteiger partial charge in [-0.15, -0.1) is 0 Å². The Morgan fingerprint density at radius 1 is 1.27 bits per heavy atom. The molecule has 0 aromatic carbocycles. The summed E-state index contributed by atoms with van der Waals surface area (Å²) in [4.78, 5) is 0. The third-order valence-corrected chi connectivity index (χ3v) is 3.46. The number of rotatable bonds is 3. The maximum absolute atomic E-state index is 12.6. The third-order valence-electron chi connectivity index (χ3n) is 1.20. The molecule has 0 rings (SSSR count). The molecule has 0 aliphatic carbocycles. The zero-order valence-corrected chi connectivity index (χ0v) is 7.75. The topological polar surface area (TPSA) is 9.23 Å². The van der Waals surface area contributed by atoms with Gasteiger partial charge in [-0.1, -0.05) is 0 Å². The maximum Gasteiger partial charge on any atom is 0.299 e. The van der Waals surface area contributed by atoms with Gasteiger partial charge in [-0.2, -0.15) is 8.78 Å². The van der Waals surface area contributed by atoms with E-state index in [1.165, 1.54) is 13.1 Å². The summed E-state index contributed by atoms with van der Waals surface area (Å²) in [5.74, 6) is 0. The molecule has 0 fully saturated rings. The van der Waals surface area contributed by atoms with Gasteiger partial charge in [0.2, 0.25) is 0 Å². The van der Waals surface area contributed by atoms with Gasteiger partial charge in [0.25, 0.3) is 14.4 Å². The summed E-state index contributed by atoms with van der Waals surface area (Å²) < 4.78 is 40.8. The molecule has 66 valence electrons. The minimum atomic E-state index is -2.91. The lowest BCUT2D eigenvalue weighted by Crippen LogP contribution is -2.32. The molecular formula is C6H11F3OSi. The molecule has 0 atom stereocenters. The highest BCUT2D eigenvalue weighted by molar-refractivity contribution is 6.77. The fourth-order valence-corrected chi connectivity index (χ4v) is 1.96. The molecule has 0 aromatic heterocycles. The molecule has 0 bridgehead atoms. The predicted octanol–water partition coefficient (Wildman–Crippen LogP) is 2.84. The van der Waals surface area contributed by atoms with Gasteiger partial charge >= 0.3 is 0 Å². The van der Waals surface area contributed by atoms with Crippen LogP contribution in [0.5, 0.6) is 0 Å². The lowest BCUT2D eigenvalue weighted by Gasteiger charge is -2.18. The highest BCUT2D eigenvalue weighted by Crippen LogP contribution is 2.22. The number of halogens is 3. The summed E-state index contributed by atoms with van der Waals surface area (Å²) in [6.45, 7) is 4.70. The molecule has 0 spiro atoms. The molecule has 0 N–H and O–H groups in total. The van der Waals surface area contributed by atoms with Crippen molar-refractivity contribution in [1.29, 1.82) is 0 Å². The molecule has 0 unspecified atom stereocenters. The summed E-state index contributed by atoms with van der Waals surface area (Å²) in [7, 11) is -2.91. The summed E-state index contributed by atoms with van der Waals surface area (Å²) in [5.41, 5.74) is -1.36. The van der Waals surface area contributed by atoms with Crippen molar-refractivity contribution < 1.29 is 17.6 Å². The van der Waals surface area contributed by atoms with Crippen molar-refractivity contribution in [3.05, 3.63) is 11.5 Å². The quantitative estimate of drug-likeness (QED) is 0.613. The molecular weight excluding hydrogens is 173 g/mol. The van der Waals surface area contributed by atoms with E-state index >= 15 is 0 Å². The first kappa shape index (κ1) is 10.7. The van der Waals surface area contributed by atoms with Crippen molar-refractivity contribution in [1.82, 2.24) is 0 Å². The third kappa shape index (κ3) is 3.07. The average Bonchev–Trinajstić information content (AvgIpc) is 1.86. The first-order valence-corrected chi connectivity index (χ1v) is 6.18. The zero-order chi connectivity index (χ0) is 9.07. The van der Waals surface area contributed by atoms with Crippen LogP contribution in [0, 0.1) is 0 Å².